The van der Waals surface area contributed by atoms with E-state index >= 15 is 0 Å². The number of nitrogens with one attached hydrogen (secondary N) is 2. The van der Waals surface area contributed by atoms with Crippen molar-refractivity contribution in [3.8, 4) is 6.07 Å². The minimum Gasteiger partial charge on any atom is -0.334 e. The summed E-state index contributed by atoms with van der Waals surface area (Å²) >= 11 is 0. The van der Waals surface area contributed by atoms with Crippen LogP contribution in [0.1, 0.15) is 42.9 Å². The number of hydrogen-bond donors (Lipinski definition) is 2. The van der Waals surface area contributed by atoms with Crippen LogP contribution in [0.2, 0.25) is 0 Å². The van der Waals surface area contributed by atoms with E-state index in [1.165, 1.54) is 9.80 Å². The number of aromatic amines is 1. The van der Waals surface area contributed by atoms with Crippen LogP contribution in [0, 0.1) is 17.2 Å². The van der Waals surface area contributed by atoms with Crippen molar-refractivity contribution in [2.75, 3.05) is 18.9 Å². The summed E-state index contributed by atoms with van der Waals surface area (Å²) in [7, 11) is 1.59. The number of hydrogen-bond acceptors (Lipinski definition) is 5. The first-order valence-electron chi connectivity index (χ1n) is 12.1. The Labute approximate surface area is 209 Å². The summed E-state index contributed by atoms with van der Waals surface area (Å²) in [5.41, 5.74) is 1.94. The second-order valence-electron chi connectivity index (χ2n) is 10.1. The van der Waals surface area contributed by atoms with Gasteiger partial charge in [-0.05, 0) is 36.1 Å². The smallest absolute Gasteiger partial charge is 0.290 e. The third-order valence-corrected chi connectivity index (χ3v) is 7.28. The van der Waals surface area contributed by atoms with Gasteiger partial charge >= 0.3 is 0 Å². The maximum absolute atomic E-state index is 14.0. The van der Waals surface area contributed by atoms with Crippen molar-refractivity contribution < 1.29 is 14.4 Å². The van der Waals surface area contributed by atoms with Crippen LogP contribution in [0.25, 0.3) is 11.0 Å². The van der Waals surface area contributed by atoms with E-state index in [1.807, 2.05) is 62.4 Å². The van der Waals surface area contributed by atoms with Crippen LogP contribution in [-0.4, -0.2) is 63.2 Å². The van der Waals surface area contributed by atoms with Gasteiger partial charge in [0.15, 0.2) is 5.82 Å². The number of amides is 3. The van der Waals surface area contributed by atoms with E-state index in [2.05, 4.69) is 21.4 Å². The molecule has 2 aliphatic rings. The number of carbonyl (C=O) groups excluding carboxylic acids is 3. The Morgan fingerprint density at radius 1 is 1.22 bits per heavy atom. The minimum absolute atomic E-state index is 0.0914. The summed E-state index contributed by atoms with van der Waals surface area (Å²) < 4.78 is 0. The van der Waals surface area contributed by atoms with Gasteiger partial charge in [-0.2, -0.15) is 5.26 Å². The van der Waals surface area contributed by atoms with Crippen molar-refractivity contribution in [3.05, 3.63) is 59.9 Å². The third kappa shape index (κ3) is 3.70. The van der Waals surface area contributed by atoms with E-state index in [-0.39, 0.29) is 36.5 Å². The van der Waals surface area contributed by atoms with Gasteiger partial charge in [-0.1, -0.05) is 44.2 Å². The quantitative estimate of drug-likeness (QED) is 0.576. The number of rotatable bonds is 5. The number of anilines is 1. The van der Waals surface area contributed by atoms with Crippen LogP contribution in [0.15, 0.2) is 48.5 Å². The Balaban J connectivity index is 1.46. The molecule has 0 unspecified atom stereocenters. The van der Waals surface area contributed by atoms with Gasteiger partial charge in [0.1, 0.15) is 12.1 Å². The molecule has 2 N–H and O–H groups in total. The zero-order valence-corrected chi connectivity index (χ0v) is 20.5. The first-order chi connectivity index (χ1) is 17.2. The average molecular weight is 485 g/mol. The molecule has 0 aliphatic carbocycles. The van der Waals surface area contributed by atoms with Crippen molar-refractivity contribution in [2.24, 2.45) is 5.92 Å². The lowest BCUT2D eigenvalue weighted by atomic mass is 9.80. The fourth-order valence-electron chi connectivity index (χ4n) is 5.41. The van der Waals surface area contributed by atoms with E-state index < -0.39 is 23.4 Å². The summed E-state index contributed by atoms with van der Waals surface area (Å²) in [6.07, 6.45) is 0.624. The topological polar surface area (TPSA) is 122 Å². The van der Waals surface area contributed by atoms with E-state index in [1.54, 1.807) is 7.05 Å². The van der Waals surface area contributed by atoms with E-state index in [9.17, 15) is 19.6 Å². The Bertz CT molecular complexity index is 1370. The lowest BCUT2D eigenvalue weighted by Crippen LogP contribution is -2.52. The molecule has 3 aromatic rings. The highest BCUT2D eigenvalue weighted by atomic mass is 16.2. The Morgan fingerprint density at radius 2 is 1.94 bits per heavy atom. The predicted octanol–water partition coefficient (Wildman–Crippen LogP) is 3.06. The zero-order chi connectivity index (χ0) is 25.6. The number of H-pyrrole nitrogens is 1. The molecule has 9 heteroatoms. The fourth-order valence-corrected chi connectivity index (χ4v) is 5.41. The lowest BCUT2D eigenvalue weighted by molar-refractivity contribution is -0.136. The van der Waals surface area contributed by atoms with Crippen LogP contribution in [0.4, 0.5) is 5.69 Å². The van der Waals surface area contributed by atoms with Crippen LogP contribution in [0.5, 0.6) is 0 Å². The van der Waals surface area contributed by atoms with Crippen molar-refractivity contribution in [2.45, 2.75) is 44.2 Å². The Hall–Kier alpha value is -4.19. The predicted molar refractivity (Wildman–Crippen MR) is 134 cm³/mol. The summed E-state index contributed by atoms with van der Waals surface area (Å²) in [6.45, 7) is 4.05. The van der Waals surface area contributed by atoms with Crippen molar-refractivity contribution >= 4 is 34.4 Å². The molecule has 9 nitrogen and oxygen atoms in total. The minimum atomic E-state index is -0.976. The molecule has 1 spiro atoms. The fraction of sp³-hybridized carbons (Fsp3) is 0.370. The molecule has 0 radical (unpaired) electrons. The second-order valence-corrected chi connectivity index (χ2v) is 10.1. The number of benzene rings is 2. The zero-order valence-electron chi connectivity index (χ0n) is 20.5. The highest BCUT2D eigenvalue weighted by Gasteiger charge is 2.56. The van der Waals surface area contributed by atoms with Crippen LogP contribution in [0.3, 0.4) is 0 Å². The second kappa shape index (κ2) is 8.79. The molecular weight excluding hydrogens is 456 g/mol. The number of carbonyl (C=O) groups is 3. The molecule has 0 bridgehead atoms. The number of nitriles is 1. The van der Waals surface area contributed by atoms with Gasteiger partial charge < -0.3 is 20.1 Å². The number of likely N-dealkylation sites (N-methyl/N-ethyl adjacent to an activating group) is 1. The van der Waals surface area contributed by atoms with E-state index in [0.717, 1.165) is 11.1 Å². The lowest BCUT2D eigenvalue weighted by Gasteiger charge is -2.33. The number of likely N-dealkylation sites (tertiary alicyclic amines) is 1. The van der Waals surface area contributed by atoms with E-state index in [0.29, 0.717) is 17.6 Å². The monoisotopic (exact) mass is 484 g/mol. The largest absolute Gasteiger partial charge is 0.334 e. The van der Waals surface area contributed by atoms with Gasteiger partial charge in [-0.25, -0.2) is 4.98 Å². The number of imidazole rings is 1. The number of nitrogens with zero attached hydrogens (tertiary/aromatic N) is 4. The van der Waals surface area contributed by atoms with E-state index in [4.69, 9.17) is 0 Å². The standard InChI is InChI=1S/C27H28N6O3/c1-16(2)12-22(32(3)25(35)23-29-20-10-6-7-11-21(20)30-23)24(34)33-15-27(13-17(33)14-28)18-8-4-5-9-19(18)31-26(27)36/h4-11,16-17,22H,12-13,15H2,1-3H3,(H,29,30)(H,31,36)/t17-,22-,27-/m0/s1. The summed E-state index contributed by atoms with van der Waals surface area (Å²) in [5, 5.41) is 12.9. The molecule has 3 atom stereocenters. The molecule has 1 aromatic heterocycles. The first kappa shape index (κ1) is 23.5. The Morgan fingerprint density at radius 3 is 2.67 bits per heavy atom. The summed E-state index contributed by atoms with van der Waals surface area (Å²) in [5.74, 6) is -0.684. The maximum atomic E-state index is 14.0. The summed E-state index contributed by atoms with van der Waals surface area (Å²) in [4.78, 5) is 50.8. The average Bonchev–Trinajstić information content (AvgIpc) is 3.55. The molecular formula is C27H28N6O3. The van der Waals surface area contributed by atoms with Crippen LogP contribution < -0.4 is 5.32 Å². The maximum Gasteiger partial charge on any atom is 0.290 e. The number of fused-ring (bicyclic) bond motifs is 3. The molecule has 36 heavy (non-hydrogen) atoms. The molecule has 2 aliphatic heterocycles. The Kier molecular flexibility index (Phi) is 5.75. The highest BCUT2D eigenvalue weighted by Crippen LogP contribution is 2.46. The van der Waals surface area contributed by atoms with Crippen LogP contribution >= 0.6 is 0 Å². The third-order valence-electron chi connectivity index (χ3n) is 7.28. The normalized spacial score (nSPS) is 21.5. The first-order valence-corrected chi connectivity index (χ1v) is 12.1. The molecule has 3 heterocycles. The van der Waals surface area contributed by atoms with Gasteiger partial charge in [0.2, 0.25) is 11.8 Å². The van der Waals surface area contributed by atoms with Crippen molar-refractivity contribution in [3.63, 3.8) is 0 Å². The SMILES string of the molecule is CC(C)C[C@@H](C(=O)N1C[C@]2(C[C@H]1C#N)C(=O)Nc1ccccc12)N(C)C(=O)c1nc2ccccc2[nH]1. The van der Waals surface area contributed by atoms with Gasteiger partial charge in [-0.3, -0.25) is 14.4 Å². The molecule has 1 fully saturated rings. The van der Waals surface area contributed by atoms with Crippen molar-refractivity contribution in [1.29, 1.82) is 5.26 Å². The van der Waals surface area contributed by atoms with Gasteiger partial charge in [0, 0.05) is 25.7 Å². The summed E-state index contributed by atoms with van der Waals surface area (Å²) in [6, 6.07) is 15.4. The number of para-hydroxylation sites is 3. The van der Waals surface area contributed by atoms with Crippen molar-refractivity contribution in [1.82, 2.24) is 19.8 Å². The van der Waals surface area contributed by atoms with Gasteiger partial charge in [0.25, 0.3) is 5.91 Å². The van der Waals surface area contributed by atoms with Gasteiger partial charge in [0.05, 0.1) is 22.5 Å². The molecule has 0 saturated carbocycles. The van der Waals surface area contributed by atoms with Gasteiger partial charge in [-0.15, -0.1) is 0 Å². The molecule has 184 valence electrons. The molecule has 2 aromatic carbocycles. The highest BCUT2D eigenvalue weighted by molar-refractivity contribution is 6.07. The van der Waals surface area contributed by atoms with Crippen LogP contribution in [-0.2, 0) is 15.0 Å². The molecule has 5 rings (SSSR count). The molecule has 1 saturated heterocycles. The molecule has 3 amide bonds. The number of aromatic nitrogens is 2.